The fourth-order valence-corrected chi connectivity index (χ4v) is 1.53. The van der Waals surface area contributed by atoms with Gasteiger partial charge >= 0.3 is 11.9 Å². The minimum atomic E-state index is -0.986. The Morgan fingerprint density at radius 2 is 1.33 bits per heavy atom. The Bertz CT molecular complexity index is 267. The summed E-state index contributed by atoms with van der Waals surface area (Å²) >= 11 is 0. The van der Waals surface area contributed by atoms with Crippen molar-refractivity contribution in [2.45, 2.75) is 51.9 Å². The van der Waals surface area contributed by atoms with Crippen LogP contribution in [0.1, 0.15) is 51.9 Å². The van der Waals surface area contributed by atoms with Crippen LogP contribution in [0.4, 0.5) is 0 Å². The highest BCUT2D eigenvalue weighted by molar-refractivity contribution is 5.76. The molecule has 0 rings (SSSR count). The van der Waals surface area contributed by atoms with E-state index in [4.69, 9.17) is 19.3 Å². The molecule has 1 N–H and O–H groups in total. The minimum Gasteiger partial charge on any atom is -0.481 e. The normalized spacial score (nSPS) is 10.5. The summed E-state index contributed by atoms with van der Waals surface area (Å²) in [5, 5.41) is 8.40. The molecule has 0 bridgehead atoms. The molecule has 0 saturated carbocycles. The van der Waals surface area contributed by atoms with Gasteiger partial charge in [0.2, 0.25) is 0 Å². The predicted molar refractivity (Wildman–Crippen MR) is 78.2 cm³/mol. The average Bonchev–Trinajstić information content (AvgIpc) is 2.46. The van der Waals surface area contributed by atoms with Gasteiger partial charge in [0, 0.05) is 26.4 Å². The van der Waals surface area contributed by atoms with E-state index in [1.807, 2.05) is 0 Å². The second-order valence-corrected chi connectivity index (χ2v) is 4.75. The number of esters is 1. The van der Waals surface area contributed by atoms with E-state index in [1.165, 1.54) is 0 Å². The number of unbranched alkanes of at least 4 members (excludes halogenated alkanes) is 2. The van der Waals surface area contributed by atoms with Crippen molar-refractivity contribution in [3.8, 4) is 0 Å². The van der Waals surface area contributed by atoms with E-state index in [0.29, 0.717) is 13.2 Å². The zero-order valence-corrected chi connectivity index (χ0v) is 13.0. The van der Waals surface area contributed by atoms with E-state index in [1.54, 1.807) is 0 Å². The molecule has 124 valence electrons. The van der Waals surface area contributed by atoms with Gasteiger partial charge in [-0.25, -0.2) is 0 Å². The van der Waals surface area contributed by atoms with E-state index in [0.717, 1.165) is 51.9 Å². The molecule has 0 amide bonds. The second-order valence-electron chi connectivity index (χ2n) is 4.75. The Labute approximate surface area is 126 Å². The van der Waals surface area contributed by atoms with Crippen molar-refractivity contribution >= 4 is 11.9 Å². The van der Waals surface area contributed by atoms with Gasteiger partial charge in [-0.2, -0.15) is 0 Å². The SMILES string of the molecule is CCCOCCCCOCCCCOC(=O)CCC(=O)O. The fraction of sp³-hybridized carbons (Fsp3) is 0.867. The Morgan fingerprint density at radius 1 is 0.810 bits per heavy atom. The van der Waals surface area contributed by atoms with Gasteiger partial charge in [0.15, 0.2) is 0 Å². The Hall–Kier alpha value is -1.14. The smallest absolute Gasteiger partial charge is 0.306 e. The number of carboxylic acid groups (broad SMARTS) is 1. The number of carboxylic acids is 1. The van der Waals surface area contributed by atoms with Crippen LogP contribution < -0.4 is 0 Å². The Morgan fingerprint density at radius 3 is 1.86 bits per heavy atom. The molecular weight excluding hydrogens is 276 g/mol. The quantitative estimate of drug-likeness (QED) is 0.369. The number of hydrogen-bond acceptors (Lipinski definition) is 5. The summed E-state index contributed by atoms with van der Waals surface area (Å²) in [6.45, 7) is 5.42. The fourth-order valence-electron chi connectivity index (χ4n) is 1.53. The highest BCUT2D eigenvalue weighted by Gasteiger charge is 2.05. The van der Waals surface area contributed by atoms with Gasteiger partial charge in [-0.3, -0.25) is 9.59 Å². The lowest BCUT2D eigenvalue weighted by atomic mass is 10.3. The molecule has 0 aliphatic heterocycles. The first kappa shape index (κ1) is 19.9. The third-order valence-corrected chi connectivity index (χ3v) is 2.66. The molecule has 0 aromatic carbocycles. The van der Waals surface area contributed by atoms with Crippen molar-refractivity contribution in [2.24, 2.45) is 0 Å². The topological polar surface area (TPSA) is 82.1 Å². The summed E-state index contributed by atoms with van der Waals surface area (Å²) in [6, 6.07) is 0. The molecule has 0 aliphatic carbocycles. The summed E-state index contributed by atoms with van der Waals surface area (Å²) in [4.78, 5) is 21.3. The first-order valence-corrected chi connectivity index (χ1v) is 7.69. The Balaban J connectivity index is 3.12. The monoisotopic (exact) mass is 304 g/mol. The van der Waals surface area contributed by atoms with Gasteiger partial charge in [0.05, 0.1) is 19.4 Å². The van der Waals surface area contributed by atoms with Gasteiger partial charge < -0.3 is 19.3 Å². The van der Waals surface area contributed by atoms with E-state index in [9.17, 15) is 9.59 Å². The van der Waals surface area contributed by atoms with Gasteiger partial charge in [-0.15, -0.1) is 0 Å². The van der Waals surface area contributed by atoms with Crippen molar-refractivity contribution < 1.29 is 28.9 Å². The summed E-state index contributed by atoms with van der Waals surface area (Å²) in [5.74, 6) is -1.44. The molecule has 0 heterocycles. The molecule has 6 nitrogen and oxygen atoms in total. The highest BCUT2D eigenvalue weighted by Crippen LogP contribution is 1.98. The molecule has 0 aromatic heterocycles. The maximum Gasteiger partial charge on any atom is 0.306 e. The lowest BCUT2D eigenvalue weighted by Crippen LogP contribution is -2.09. The number of ether oxygens (including phenoxy) is 3. The molecule has 0 atom stereocenters. The summed E-state index contributed by atoms with van der Waals surface area (Å²) < 4.78 is 15.7. The summed E-state index contributed by atoms with van der Waals surface area (Å²) in [5.41, 5.74) is 0. The van der Waals surface area contributed by atoms with Crippen LogP contribution in [0.2, 0.25) is 0 Å². The number of hydrogen-bond donors (Lipinski definition) is 1. The lowest BCUT2D eigenvalue weighted by molar-refractivity contribution is -0.147. The molecule has 0 fully saturated rings. The first-order valence-electron chi connectivity index (χ1n) is 7.69. The number of aliphatic carboxylic acids is 1. The average molecular weight is 304 g/mol. The highest BCUT2D eigenvalue weighted by atomic mass is 16.5. The van der Waals surface area contributed by atoms with Crippen molar-refractivity contribution in [1.82, 2.24) is 0 Å². The standard InChI is InChI=1S/C15H28O6/c1-2-9-19-10-3-4-11-20-12-5-6-13-21-15(18)8-7-14(16)17/h2-13H2,1H3,(H,16,17). The van der Waals surface area contributed by atoms with Crippen LogP contribution in [-0.4, -0.2) is 50.1 Å². The van der Waals surface area contributed by atoms with Crippen LogP contribution in [0.5, 0.6) is 0 Å². The van der Waals surface area contributed by atoms with Crippen LogP contribution in [0.25, 0.3) is 0 Å². The second kappa shape index (κ2) is 15.3. The predicted octanol–water partition coefficient (Wildman–Crippen LogP) is 2.40. The van der Waals surface area contributed by atoms with Crippen molar-refractivity contribution in [2.75, 3.05) is 33.0 Å². The third kappa shape index (κ3) is 16.8. The van der Waals surface area contributed by atoms with E-state index in [-0.39, 0.29) is 12.8 Å². The van der Waals surface area contributed by atoms with Crippen molar-refractivity contribution in [3.63, 3.8) is 0 Å². The van der Waals surface area contributed by atoms with Crippen molar-refractivity contribution in [1.29, 1.82) is 0 Å². The molecular formula is C15H28O6. The van der Waals surface area contributed by atoms with Gasteiger partial charge in [0.25, 0.3) is 0 Å². The summed E-state index contributed by atoms with van der Waals surface area (Å²) in [7, 11) is 0. The van der Waals surface area contributed by atoms with Gasteiger partial charge in [-0.05, 0) is 32.1 Å². The zero-order valence-electron chi connectivity index (χ0n) is 13.0. The van der Waals surface area contributed by atoms with Crippen LogP contribution in [0, 0.1) is 0 Å². The number of rotatable bonds is 15. The molecule has 0 saturated heterocycles. The molecule has 0 aromatic rings. The van der Waals surface area contributed by atoms with Crippen LogP contribution in [-0.2, 0) is 23.8 Å². The van der Waals surface area contributed by atoms with Gasteiger partial charge in [-0.1, -0.05) is 6.92 Å². The lowest BCUT2D eigenvalue weighted by Gasteiger charge is -2.06. The van der Waals surface area contributed by atoms with Crippen LogP contribution >= 0.6 is 0 Å². The molecule has 21 heavy (non-hydrogen) atoms. The molecule has 0 spiro atoms. The number of carbonyl (C=O) groups is 2. The van der Waals surface area contributed by atoms with Crippen molar-refractivity contribution in [3.05, 3.63) is 0 Å². The molecule has 6 heteroatoms. The summed E-state index contributed by atoms with van der Waals surface area (Å²) in [6.07, 6.45) is 4.39. The maximum atomic E-state index is 11.1. The maximum absolute atomic E-state index is 11.1. The Kier molecular flexibility index (Phi) is 14.4. The number of carbonyl (C=O) groups excluding carboxylic acids is 1. The first-order chi connectivity index (χ1) is 10.2. The van der Waals surface area contributed by atoms with Crippen LogP contribution in [0.15, 0.2) is 0 Å². The minimum absolute atomic E-state index is 0.0636. The van der Waals surface area contributed by atoms with E-state index < -0.39 is 11.9 Å². The molecule has 0 radical (unpaired) electrons. The largest absolute Gasteiger partial charge is 0.481 e. The molecule has 0 unspecified atom stereocenters. The van der Waals surface area contributed by atoms with E-state index in [2.05, 4.69) is 6.92 Å². The third-order valence-electron chi connectivity index (χ3n) is 2.66. The zero-order chi connectivity index (χ0) is 15.8. The van der Waals surface area contributed by atoms with E-state index >= 15 is 0 Å². The van der Waals surface area contributed by atoms with Crippen LogP contribution in [0.3, 0.4) is 0 Å². The molecule has 0 aliphatic rings. The van der Waals surface area contributed by atoms with Gasteiger partial charge in [0.1, 0.15) is 0 Å².